The van der Waals surface area contributed by atoms with E-state index >= 15 is 0 Å². The average molecular weight is 240 g/mol. The summed E-state index contributed by atoms with van der Waals surface area (Å²) in [6, 6.07) is 2.15. The molecular formula is C12H20N2O3. The molecule has 0 saturated carbocycles. The lowest BCUT2D eigenvalue weighted by Crippen LogP contribution is -2.44. The summed E-state index contributed by atoms with van der Waals surface area (Å²) in [5.41, 5.74) is -0.885. The molecule has 96 valence electrons. The molecule has 0 bridgehead atoms. The minimum absolute atomic E-state index is 0.167. The van der Waals surface area contributed by atoms with E-state index in [9.17, 15) is 4.79 Å². The maximum atomic E-state index is 12.0. The van der Waals surface area contributed by atoms with Crippen LogP contribution in [0.1, 0.15) is 26.2 Å². The molecule has 0 atom stereocenters. The molecule has 1 aliphatic heterocycles. The van der Waals surface area contributed by atoms with Gasteiger partial charge in [0, 0.05) is 33.0 Å². The minimum Gasteiger partial charge on any atom is -0.382 e. The zero-order valence-electron chi connectivity index (χ0n) is 10.3. The average Bonchev–Trinajstić information content (AvgIpc) is 2.39. The largest absolute Gasteiger partial charge is 0.382 e. The van der Waals surface area contributed by atoms with Crippen molar-refractivity contribution in [3.63, 3.8) is 0 Å². The van der Waals surface area contributed by atoms with Gasteiger partial charge in [-0.05, 0) is 26.2 Å². The van der Waals surface area contributed by atoms with E-state index in [0.717, 1.165) is 6.42 Å². The van der Waals surface area contributed by atoms with Crippen LogP contribution in [0.3, 0.4) is 0 Å². The third-order valence-corrected chi connectivity index (χ3v) is 2.95. The Morgan fingerprint density at radius 1 is 1.53 bits per heavy atom. The first-order valence-corrected chi connectivity index (χ1v) is 6.10. The molecule has 1 amide bonds. The molecule has 0 spiro atoms. The molecule has 1 fully saturated rings. The normalized spacial score (nSPS) is 18.4. The summed E-state index contributed by atoms with van der Waals surface area (Å²) in [4.78, 5) is 12.0. The topological polar surface area (TPSA) is 71.3 Å². The van der Waals surface area contributed by atoms with Crippen molar-refractivity contribution in [2.75, 3.05) is 33.0 Å². The molecule has 0 aromatic heterocycles. The van der Waals surface area contributed by atoms with Crippen molar-refractivity contribution in [2.45, 2.75) is 26.2 Å². The van der Waals surface area contributed by atoms with Crippen molar-refractivity contribution < 1.29 is 14.3 Å². The number of nitrogens with one attached hydrogen (secondary N) is 1. The Bertz CT molecular complexity index is 280. The van der Waals surface area contributed by atoms with Crippen LogP contribution in [-0.2, 0) is 14.3 Å². The van der Waals surface area contributed by atoms with Gasteiger partial charge in [-0.15, -0.1) is 0 Å². The number of rotatable bonds is 6. The first-order valence-electron chi connectivity index (χ1n) is 6.10. The van der Waals surface area contributed by atoms with Crippen LogP contribution >= 0.6 is 0 Å². The number of hydrogen-bond donors (Lipinski definition) is 1. The molecule has 1 N–H and O–H groups in total. The predicted octanol–water partition coefficient (Wildman–Crippen LogP) is 0.850. The summed E-state index contributed by atoms with van der Waals surface area (Å²) < 4.78 is 10.4. The summed E-state index contributed by atoms with van der Waals surface area (Å²) in [6.07, 6.45) is 1.75. The first-order chi connectivity index (χ1) is 8.25. The van der Waals surface area contributed by atoms with Crippen LogP contribution in [0.25, 0.3) is 0 Å². The lowest BCUT2D eigenvalue weighted by atomic mass is 9.81. The van der Waals surface area contributed by atoms with Crippen molar-refractivity contribution in [3.05, 3.63) is 0 Å². The Labute approximate surface area is 102 Å². The Balaban J connectivity index is 2.32. The molecule has 0 aromatic carbocycles. The second-order valence-corrected chi connectivity index (χ2v) is 4.11. The van der Waals surface area contributed by atoms with Gasteiger partial charge in [-0.3, -0.25) is 4.79 Å². The van der Waals surface area contributed by atoms with E-state index in [1.54, 1.807) is 0 Å². The van der Waals surface area contributed by atoms with E-state index in [2.05, 4.69) is 11.4 Å². The Hall–Kier alpha value is -1.12. The smallest absolute Gasteiger partial charge is 0.240 e. The summed E-state index contributed by atoms with van der Waals surface area (Å²) in [7, 11) is 0. The van der Waals surface area contributed by atoms with Gasteiger partial charge in [0.25, 0.3) is 0 Å². The van der Waals surface area contributed by atoms with E-state index in [1.165, 1.54) is 0 Å². The number of carbonyl (C=O) groups excluding carboxylic acids is 1. The predicted molar refractivity (Wildman–Crippen MR) is 62.2 cm³/mol. The van der Waals surface area contributed by atoms with Crippen LogP contribution < -0.4 is 5.32 Å². The van der Waals surface area contributed by atoms with E-state index in [1.807, 2.05) is 6.92 Å². The van der Waals surface area contributed by atoms with Crippen molar-refractivity contribution in [2.24, 2.45) is 5.41 Å². The van der Waals surface area contributed by atoms with Gasteiger partial charge in [0.05, 0.1) is 6.07 Å². The SMILES string of the molecule is CCOCCCNC(=O)C1(C#N)CCOCC1. The molecule has 1 saturated heterocycles. The molecular weight excluding hydrogens is 220 g/mol. The zero-order valence-corrected chi connectivity index (χ0v) is 10.3. The van der Waals surface area contributed by atoms with Crippen LogP contribution in [0.4, 0.5) is 0 Å². The Kier molecular flexibility index (Phi) is 5.95. The summed E-state index contributed by atoms with van der Waals surface area (Å²) in [5.74, 6) is -0.167. The van der Waals surface area contributed by atoms with Gasteiger partial charge in [-0.25, -0.2) is 0 Å². The van der Waals surface area contributed by atoms with Gasteiger partial charge in [0.2, 0.25) is 5.91 Å². The molecule has 1 aliphatic rings. The van der Waals surface area contributed by atoms with Crippen LogP contribution in [0.2, 0.25) is 0 Å². The highest BCUT2D eigenvalue weighted by Gasteiger charge is 2.40. The minimum atomic E-state index is -0.885. The van der Waals surface area contributed by atoms with Crippen molar-refractivity contribution in [3.8, 4) is 6.07 Å². The van der Waals surface area contributed by atoms with Gasteiger partial charge in [0.15, 0.2) is 0 Å². The molecule has 0 aromatic rings. The lowest BCUT2D eigenvalue weighted by molar-refractivity contribution is -0.132. The highest BCUT2D eigenvalue weighted by Crippen LogP contribution is 2.29. The van der Waals surface area contributed by atoms with Gasteiger partial charge in [0.1, 0.15) is 5.41 Å². The standard InChI is InChI=1S/C12H20N2O3/c1-2-16-7-3-6-14-11(15)12(10-13)4-8-17-9-5-12/h2-9H2,1H3,(H,14,15). The van der Waals surface area contributed by atoms with Crippen LogP contribution in [0.5, 0.6) is 0 Å². The molecule has 0 unspecified atom stereocenters. The van der Waals surface area contributed by atoms with Gasteiger partial charge >= 0.3 is 0 Å². The fraction of sp³-hybridized carbons (Fsp3) is 0.833. The zero-order chi connectivity index (χ0) is 12.6. The van der Waals surface area contributed by atoms with Crippen LogP contribution in [0, 0.1) is 16.7 Å². The molecule has 0 radical (unpaired) electrons. The van der Waals surface area contributed by atoms with Crippen LogP contribution in [-0.4, -0.2) is 38.9 Å². The third-order valence-electron chi connectivity index (χ3n) is 2.95. The second kappa shape index (κ2) is 7.25. The Morgan fingerprint density at radius 2 is 2.24 bits per heavy atom. The molecule has 0 aliphatic carbocycles. The van der Waals surface area contributed by atoms with E-state index in [0.29, 0.717) is 45.8 Å². The summed E-state index contributed by atoms with van der Waals surface area (Å²) in [5, 5.41) is 12.0. The number of hydrogen-bond acceptors (Lipinski definition) is 4. The van der Waals surface area contributed by atoms with E-state index < -0.39 is 5.41 Å². The number of carbonyl (C=O) groups is 1. The molecule has 5 nitrogen and oxygen atoms in total. The van der Waals surface area contributed by atoms with Gasteiger partial charge < -0.3 is 14.8 Å². The highest BCUT2D eigenvalue weighted by atomic mass is 16.5. The summed E-state index contributed by atoms with van der Waals surface area (Å²) >= 11 is 0. The maximum Gasteiger partial charge on any atom is 0.240 e. The molecule has 1 heterocycles. The molecule has 17 heavy (non-hydrogen) atoms. The Morgan fingerprint density at radius 3 is 2.82 bits per heavy atom. The fourth-order valence-electron chi connectivity index (χ4n) is 1.80. The van der Waals surface area contributed by atoms with E-state index in [4.69, 9.17) is 14.7 Å². The maximum absolute atomic E-state index is 12.0. The summed E-state index contributed by atoms with van der Waals surface area (Å²) in [6.45, 7) is 4.79. The number of nitrogens with zero attached hydrogens (tertiary/aromatic N) is 1. The second-order valence-electron chi connectivity index (χ2n) is 4.11. The van der Waals surface area contributed by atoms with Crippen molar-refractivity contribution in [1.82, 2.24) is 5.32 Å². The quantitative estimate of drug-likeness (QED) is 0.699. The van der Waals surface area contributed by atoms with Crippen molar-refractivity contribution >= 4 is 5.91 Å². The van der Waals surface area contributed by atoms with Gasteiger partial charge in [-0.1, -0.05) is 0 Å². The fourth-order valence-corrected chi connectivity index (χ4v) is 1.80. The number of amides is 1. The van der Waals surface area contributed by atoms with Crippen molar-refractivity contribution in [1.29, 1.82) is 5.26 Å². The lowest BCUT2D eigenvalue weighted by Gasteiger charge is -2.29. The highest BCUT2D eigenvalue weighted by molar-refractivity contribution is 5.85. The van der Waals surface area contributed by atoms with Crippen LogP contribution in [0.15, 0.2) is 0 Å². The first kappa shape index (κ1) is 13.9. The van der Waals surface area contributed by atoms with E-state index in [-0.39, 0.29) is 5.91 Å². The number of nitriles is 1. The molecule has 5 heteroatoms. The third kappa shape index (κ3) is 3.99. The molecule has 1 rings (SSSR count). The monoisotopic (exact) mass is 240 g/mol. The number of ether oxygens (including phenoxy) is 2. The van der Waals surface area contributed by atoms with Gasteiger partial charge in [-0.2, -0.15) is 5.26 Å².